The highest BCUT2D eigenvalue weighted by Gasteiger charge is 2.19. The third-order valence-corrected chi connectivity index (χ3v) is 4.13. The average Bonchev–Trinajstić information content (AvgIpc) is 3.14. The van der Waals surface area contributed by atoms with Gasteiger partial charge in [0, 0.05) is 51.2 Å². The van der Waals surface area contributed by atoms with E-state index >= 15 is 0 Å². The van der Waals surface area contributed by atoms with Gasteiger partial charge in [-0.15, -0.1) is 0 Å². The van der Waals surface area contributed by atoms with Crippen LogP contribution < -0.4 is 4.74 Å². The lowest BCUT2D eigenvalue weighted by Gasteiger charge is -2.34. The Bertz CT molecular complexity index is 689. The summed E-state index contributed by atoms with van der Waals surface area (Å²) in [6.07, 6.45) is 6.70. The first-order chi connectivity index (χ1) is 11.7. The fourth-order valence-corrected chi connectivity index (χ4v) is 2.78. The number of aromatic nitrogens is 2. The van der Waals surface area contributed by atoms with Crippen molar-refractivity contribution in [3.8, 4) is 5.75 Å². The van der Waals surface area contributed by atoms with Crippen molar-refractivity contribution in [3.05, 3.63) is 54.1 Å². The number of aromatic amines is 1. The number of nitrogens with zero attached hydrogens (tertiary/aromatic N) is 3. The van der Waals surface area contributed by atoms with Gasteiger partial charge in [-0.1, -0.05) is 12.1 Å². The van der Waals surface area contributed by atoms with Crippen LogP contribution in [0.3, 0.4) is 0 Å². The number of methoxy groups -OCH3 is 1. The number of amides is 1. The Morgan fingerprint density at radius 2 is 2.17 bits per heavy atom. The lowest BCUT2D eigenvalue weighted by molar-refractivity contribution is -0.127. The number of hydrogen-bond acceptors (Lipinski definition) is 4. The van der Waals surface area contributed by atoms with E-state index in [4.69, 9.17) is 4.74 Å². The van der Waals surface area contributed by atoms with Crippen molar-refractivity contribution in [3.63, 3.8) is 0 Å². The Kier molecular flexibility index (Phi) is 5.28. The van der Waals surface area contributed by atoms with Crippen LogP contribution in [-0.2, 0) is 11.3 Å². The molecule has 1 saturated heterocycles. The van der Waals surface area contributed by atoms with E-state index < -0.39 is 0 Å². The van der Waals surface area contributed by atoms with Crippen molar-refractivity contribution in [1.82, 2.24) is 19.8 Å². The Balaban J connectivity index is 1.49. The smallest absolute Gasteiger partial charge is 0.246 e. The van der Waals surface area contributed by atoms with Gasteiger partial charge in [0.15, 0.2) is 0 Å². The van der Waals surface area contributed by atoms with Crippen LogP contribution in [0, 0.1) is 0 Å². The van der Waals surface area contributed by atoms with E-state index in [2.05, 4.69) is 27.0 Å². The van der Waals surface area contributed by atoms with Crippen molar-refractivity contribution in [1.29, 1.82) is 0 Å². The van der Waals surface area contributed by atoms with Crippen molar-refractivity contribution in [2.24, 2.45) is 0 Å². The molecule has 1 aliphatic heterocycles. The summed E-state index contributed by atoms with van der Waals surface area (Å²) >= 11 is 0. The minimum Gasteiger partial charge on any atom is -0.497 e. The molecule has 126 valence electrons. The molecule has 24 heavy (non-hydrogen) atoms. The van der Waals surface area contributed by atoms with Crippen LogP contribution in [0.15, 0.2) is 42.7 Å². The maximum Gasteiger partial charge on any atom is 0.246 e. The Hall–Kier alpha value is -2.60. The molecule has 0 bridgehead atoms. The first-order valence-corrected chi connectivity index (χ1v) is 8.06. The first-order valence-electron chi connectivity index (χ1n) is 8.06. The van der Waals surface area contributed by atoms with Gasteiger partial charge in [0.25, 0.3) is 0 Å². The monoisotopic (exact) mass is 326 g/mol. The second kappa shape index (κ2) is 7.79. The highest BCUT2D eigenvalue weighted by molar-refractivity contribution is 5.91. The molecule has 1 amide bonds. The molecule has 3 rings (SSSR count). The van der Waals surface area contributed by atoms with Gasteiger partial charge >= 0.3 is 0 Å². The number of piperazine rings is 1. The number of benzene rings is 1. The summed E-state index contributed by atoms with van der Waals surface area (Å²) in [5.41, 5.74) is 1.23. The molecule has 1 N–H and O–H groups in total. The second-order valence-electron chi connectivity index (χ2n) is 5.76. The summed E-state index contributed by atoms with van der Waals surface area (Å²) in [7, 11) is 1.68. The molecular weight excluding hydrogens is 304 g/mol. The van der Waals surface area contributed by atoms with E-state index in [9.17, 15) is 4.79 Å². The number of nitrogens with one attached hydrogen (secondary N) is 1. The molecule has 6 heteroatoms. The van der Waals surface area contributed by atoms with Crippen LogP contribution in [0.5, 0.6) is 5.75 Å². The van der Waals surface area contributed by atoms with Gasteiger partial charge in [-0.25, -0.2) is 4.98 Å². The SMILES string of the molecule is COc1cccc(CN2CCN(C(=O)/C=C/c3ncc[nH]3)CC2)c1. The van der Waals surface area contributed by atoms with Crippen LogP contribution in [0.2, 0.25) is 0 Å². The third kappa shape index (κ3) is 4.23. The van der Waals surface area contributed by atoms with Crippen LogP contribution >= 0.6 is 0 Å². The summed E-state index contributed by atoms with van der Waals surface area (Å²) < 4.78 is 5.26. The van der Waals surface area contributed by atoms with Gasteiger partial charge in [0.2, 0.25) is 5.91 Å². The van der Waals surface area contributed by atoms with Crippen LogP contribution in [0.25, 0.3) is 6.08 Å². The van der Waals surface area contributed by atoms with E-state index in [0.717, 1.165) is 38.5 Å². The normalized spacial score (nSPS) is 15.8. The fourth-order valence-electron chi connectivity index (χ4n) is 2.78. The summed E-state index contributed by atoms with van der Waals surface area (Å²) in [5.74, 6) is 1.61. The molecule has 1 aromatic carbocycles. The van der Waals surface area contributed by atoms with Gasteiger partial charge in [-0.3, -0.25) is 9.69 Å². The lowest BCUT2D eigenvalue weighted by atomic mass is 10.2. The van der Waals surface area contributed by atoms with E-state index in [1.165, 1.54) is 5.56 Å². The highest BCUT2D eigenvalue weighted by atomic mass is 16.5. The van der Waals surface area contributed by atoms with E-state index in [-0.39, 0.29) is 5.91 Å². The van der Waals surface area contributed by atoms with Crippen LogP contribution in [0.4, 0.5) is 0 Å². The highest BCUT2D eigenvalue weighted by Crippen LogP contribution is 2.15. The molecule has 2 aromatic rings. The van der Waals surface area contributed by atoms with Gasteiger partial charge in [0.05, 0.1) is 7.11 Å². The number of imidazole rings is 1. The molecule has 0 saturated carbocycles. The average molecular weight is 326 g/mol. The maximum absolute atomic E-state index is 12.2. The second-order valence-corrected chi connectivity index (χ2v) is 5.76. The minimum absolute atomic E-state index is 0.0347. The zero-order chi connectivity index (χ0) is 16.8. The van der Waals surface area contributed by atoms with E-state index in [1.807, 2.05) is 17.0 Å². The van der Waals surface area contributed by atoms with Crippen LogP contribution in [0.1, 0.15) is 11.4 Å². The quantitative estimate of drug-likeness (QED) is 0.851. The topological polar surface area (TPSA) is 61.5 Å². The van der Waals surface area contributed by atoms with E-state index in [0.29, 0.717) is 5.82 Å². The molecule has 1 fully saturated rings. The number of carbonyl (C=O) groups excluding carboxylic acids is 1. The summed E-state index contributed by atoms with van der Waals surface area (Å²) in [6.45, 7) is 4.10. The Labute approximate surface area is 141 Å². The number of hydrogen-bond donors (Lipinski definition) is 1. The number of carbonyl (C=O) groups is 1. The molecule has 0 aliphatic carbocycles. The molecule has 0 radical (unpaired) electrons. The van der Waals surface area contributed by atoms with Crippen molar-refractivity contribution < 1.29 is 9.53 Å². The molecule has 2 heterocycles. The summed E-state index contributed by atoms with van der Waals surface area (Å²) in [5, 5.41) is 0. The predicted octanol–water partition coefficient (Wildman–Crippen LogP) is 1.78. The lowest BCUT2D eigenvalue weighted by Crippen LogP contribution is -2.47. The molecule has 1 aliphatic rings. The molecule has 6 nitrogen and oxygen atoms in total. The zero-order valence-electron chi connectivity index (χ0n) is 13.8. The summed E-state index contributed by atoms with van der Waals surface area (Å²) in [4.78, 5) is 23.5. The van der Waals surface area contributed by atoms with Crippen molar-refractivity contribution in [2.75, 3.05) is 33.3 Å². The number of rotatable bonds is 5. The van der Waals surface area contributed by atoms with Crippen molar-refractivity contribution >= 4 is 12.0 Å². The molecule has 0 atom stereocenters. The van der Waals surface area contributed by atoms with Crippen molar-refractivity contribution in [2.45, 2.75) is 6.54 Å². The standard InChI is InChI=1S/C18H22N4O2/c1-24-16-4-2-3-15(13-16)14-21-9-11-22(12-10-21)18(23)6-5-17-19-7-8-20-17/h2-8,13H,9-12,14H2,1H3,(H,19,20)/b6-5+. The van der Waals surface area contributed by atoms with Crippen LogP contribution in [-0.4, -0.2) is 59.0 Å². The number of ether oxygens (including phenoxy) is 1. The maximum atomic E-state index is 12.2. The first kappa shape index (κ1) is 16.3. The summed E-state index contributed by atoms with van der Waals surface area (Å²) in [6, 6.07) is 8.12. The van der Waals surface area contributed by atoms with Gasteiger partial charge in [-0.05, 0) is 23.8 Å². The molecule has 0 spiro atoms. The number of H-pyrrole nitrogens is 1. The third-order valence-electron chi connectivity index (χ3n) is 4.13. The molecule has 1 aromatic heterocycles. The van der Waals surface area contributed by atoms with Gasteiger partial charge < -0.3 is 14.6 Å². The predicted molar refractivity (Wildman–Crippen MR) is 92.5 cm³/mol. The zero-order valence-corrected chi connectivity index (χ0v) is 13.8. The van der Waals surface area contributed by atoms with E-state index in [1.54, 1.807) is 31.7 Å². The minimum atomic E-state index is 0.0347. The van der Waals surface area contributed by atoms with Gasteiger partial charge in [-0.2, -0.15) is 0 Å². The van der Waals surface area contributed by atoms with Gasteiger partial charge in [0.1, 0.15) is 11.6 Å². The Morgan fingerprint density at radius 3 is 2.88 bits per heavy atom. The largest absolute Gasteiger partial charge is 0.497 e. The Morgan fingerprint density at radius 1 is 1.33 bits per heavy atom. The molecule has 0 unspecified atom stereocenters. The fraction of sp³-hybridized carbons (Fsp3) is 0.333. The molecular formula is C18H22N4O2.